The summed E-state index contributed by atoms with van der Waals surface area (Å²) in [6, 6.07) is 9.07. The molecule has 0 heterocycles. The average Bonchev–Trinajstić information content (AvgIpc) is 2.38. The van der Waals surface area contributed by atoms with Crippen LogP contribution in [0.25, 0.3) is 0 Å². The molecule has 21 heavy (non-hydrogen) atoms. The van der Waals surface area contributed by atoms with Crippen molar-refractivity contribution in [2.75, 3.05) is 12.8 Å². The van der Waals surface area contributed by atoms with Crippen molar-refractivity contribution in [2.24, 2.45) is 5.92 Å². The van der Waals surface area contributed by atoms with E-state index in [1.165, 1.54) is 0 Å². The lowest BCUT2D eigenvalue weighted by Crippen LogP contribution is -2.27. The lowest BCUT2D eigenvalue weighted by atomic mass is 10.2. The van der Waals surface area contributed by atoms with E-state index in [-0.39, 0.29) is 12.1 Å². The van der Waals surface area contributed by atoms with E-state index >= 15 is 0 Å². The summed E-state index contributed by atoms with van der Waals surface area (Å²) in [7, 11) is -3.06. The van der Waals surface area contributed by atoms with Crippen LogP contribution in [0.5, 0.6) is 5.75 Å². The van der Waals surface area contributed by atoms with Gasteiger partial charge in [0.2, 0.25) is 0 Å². The molecule has 0 fully saturated rings. The van der Waals surface area contributed by atoms with Crippen LogP contribution in [0.4, 0.5) is 0 Å². The Morgan fingerprint density at radius 1 is 1.24 bits per heavy atom. The van der Waals surface area contributed by atoms with Crippen LogP contribution in [0, 0.1) is 5.92 Å². The molecule has 0 aliphatic carbocycles. The average molecular weight is 312 g/mol. The molecule has 0 aliphatic heterocycles. The zero-order valence-corrected chi connectivity index (χ0v) is 14.4. The Balaban J connectivity index is 2.95. The molecule has 1 aromatic carbocycles. The molecule has 0 N–H and O–H groups in total. The molecular formula is C16H25O4P. The second-order valence-corrected chi connectivity index (χ2v) is 9.32. The predicted octanol–water partition coefficient (Wildman–Crippen LogP) is 4.34. The van der Waals surface area contributed by atoms with Gasteiger partial charge in [-0.25, -0.2) is 0 Å². The predicted molar refractivity (Wildman–Crippen MR) is 85.1 cm³/mol. The first-order valence-electron chi connectivity index (χ1n) is 7.20. The zero-order valence-electron chi connectivity index (χ0n) is 13.5. The minimum Gasteiger partial charge on any atom is -0.466 e. The van der Waals surface area contributed by atoms with Crippen molar-refractivity contribution in [1.82, 2.24) is 0 Å². The van der Waals surface area contributed by atoms with Crippen molar-refractivity contribution in [1.29, 1.82) is 0 Å². The van der Waals surface area contributed by atoms with Crippen molar-refractivity contribution in [3.8, 4) is 5.75 Å². The number of ether oxygens (including phenoxy) is 1. The monoisotopic (exact) mass is 312 g/mol. The van der Waals surface area contributed by atoms with Crippen molar-refractivity contribution >= 4 is 13.3 Å². The third kappa shape index (κ3) is 4.89. The van der Waals surface area contributed by atoms with Crippen LogP contribution in [-0.4, -0.2) is 23.9 Å². The highest BCUT2D eigenvalue weighted by Crippen LogP contribution is 2.59. The van der Waals surface area contributed by atoms with Crippen molar-refractivity contribution in [3.05, 3.63) is 30.3 Å². The Morgan fingerprint density at radius 2 is 1.81 bits per heavy atom. The highest BCUT2D eigenvalue weighted by atomic mass is 31.2. The minimum absolute atomic E-state index is 0.171. The van der Waals surface area contributed by atoms with Crippen LogP contribution in [0.3, 0.4) is 0 Å². The Hall–Kier alpha value is -1.28. The van der Waals surface area contributed by atoms with E-state index in [1.807, 2.05) is 39.0 Å². The maximum absolute atomic E-state index is 13.3. The molecule has 0 saturated carbocycles. The molecule has 118 valence electrons. The van der Waals surface area contributed by atoms with E-state index in [4.69, 9.17) is 9.26 Å². The van der Waals surface area contributed by atoms with E-state index in [1.54, 1.807) is 26.0 Å². The van der Waals surface area contributed by atoms with Gasteiger partial charge in [0.25, 0.3) is 7.37 Å². The molecule has 0 unspecified atom stereocenters. The standard InChI is InChI=1S/C16H25O4P/c1-6-19-15(17)13(2)12-21(18,16(3,4)5)20-14-10-8-7-9-11-14/h7-11,13H,6,12H2,1-5H3/t13-,21+/m1/s1. The summed E-state index contributed by atoms with van der Waals surface area (Å²) in [5.41, 5.74) is 0. The number of hydrogen-bond donors (Lipinski definition) is 0. The van der Waals surface area contributed by atoms with Crippen molar-refractivity contribution in [2.45, 2.75) is 39.8 Å². The lowest BCUT2D eigenvalue weighted by Gasteiger charge is -2.32. The molecule has 1 rings (SSSR count). The first kappa shape index (κ1) is 17.8. The minimum atomic E-state index is -3.06. The third-order valence-electron chi connectivity index (χ3n) is 3.22. The molecule has 1 aromatic rings. The molecule has 5 heteroatoms. The third-order valence-corrected chi connectivity index (χ3v) is 6.80. The summed E-state index contributed by atoms with van der Waals surface area (Å²) in [6.07, 6.45) is 0.171. The first-order chi connectivity index (χ1) is 9.69. The number of benzene rings is 1. The maximum Gasteiger partial charge on any atom is 0.309 e. The van der Waals surface area contributed by atoms with E-state index in [2.05, 4.69) is 0 Å². The SMILES string of the molecule is CCOC(=O)[C@H](C)C[P@](=O)(Oc1ccccc1)C(C)(C)C. The van der Waals surface area contributed by atoms with Gasteiger partial charge in [-0.2, -0.15) is 0 Å². The number of esters is 1. The fraction of sp³-hybridized carbons (Fsp3) is 0.562. The van der Waals surface area contributed by atoms with Crippen LogP contribution in [0.1, 0.15) is 34.6 Å². The molecule has 0 amide bonds. The smallest absolute Gasteiger partial charge is 0.309 e. The van der Waals surface area contributed by atoms with E-state index in [9.17, 15) is 9.36 Å². The summed E-state index contributed by atoms with van der Waals surface area (Å²) in [6.45, 7) is 9.42. The molecule has 0 aromatic heterocycles. The number of carbonyl (C=O) groups excluding carboxylic acids is 1. The number of carbonyl (C=O) groups is 1. The highest BCUT2D eigenvalue weighted by molar-refractivity contribution is 7.61. The Bertz CT molecular complexity index is 505. The Morgan fingerprint density at radius 3 is 2.29 bits per heavy atom. The van der Waals surface area contributed by atoms with Crippen LogP contribution in [-0.2, 0) is 14.1 Å². The van der Waals surface area contributed by atoms with E-state index in [0.29, 0.717) is 12.4 Å². The molecule has 0 aliphatic rings. The Labute approximate surface area is 127 Å². The van der Waals surface area contributed by atoms with Crippen molar-refractivity contribution < 1.29 is 18.6 Å². The first-order valence-corrected chi connectivity index (χ1v) is 9.01. The maximum atomic E-state index is 13.3. The van der Waals surface area contributed by atoms with Gasteiger partial charge in [0.15, 0.2) is 0 Å². The second kappa shape index (κ2) is 7.13. The van der Waals surface area contributed by atoms with Gasteiger partial charge in [-0.15, -0.1) is 0 Å². The molecule has 4 nitrogen and oxygen atoms in total. The van der Waals surface area contributed by atoms with Gasteiger partial charge in [0, 0.05) is 11.3 Å². The van der Waals surface area contributed by atoms with Gasteiger partial charge < -0.3 is 9.26 Å². The van der Waals surface area contributed by atoms with Gasteiger partial charge >= 0.3 is 5.97 Å². The fourth-order valence-corrected chi connectivity index (χ4v) is 4.05. The quantitative estimate of drug-likeness (QED) is 0.579. The largest absolute Gasteiger partial charge is 0.466 e. The normalized spacial score (nSPS) is 15.9. The molecular weight excluding hydrogens is 287 g/mol. The second-order valence-electron chi connectivity index (χ2n) is 6.08. The summed E-state index contributed by atoms with van der Waals surface area (Å²) in [5.74, 6) is -0.232. The molecule has 0 bridgehead atoms. The Kier molecular flexibility index (Phi) is 6.03. The number of hydrogen-bond acceptors (Lipinski definition) is 4. The summed E-state index contributed by atoms with van der Waals surface area (Å²) in [5, 5.41) is -0.552. The molecule has 0 radical (unpaired) electrons. The van der Waals surface area contributed by atoms with Crippen LogP contribution >= 0.6 is 7.37 Å². The van der Waals surface area contributed by atoms with Crippen LogP contribution in [0.2, 0.25) is 0 Å². The number of rotatable bonds is 6. The van der Waals surface area contributed by atoms with Crippen LogP contribution in [0.15, 0.2) is 30.3 Å². The lowest BCUT2D eigenvalue weighted by molar-refractivity contribution is -0.146. The summed E-state index contributed by atoms with van der Waals surface area (Å²) >= 11 is 0. The fourth-order valence-electron chi connectivity index (χ4n) is 1.82. The van der Waals surface area contributed by atoms with Gasteiger partial charge in [-0.1, -0.05) is 45.9 Å². The van der Waals surface area contributed by atoms with Gasteiger partial charge in [-0.3, -0.25) is 9.36 Å². The molecule has 2 atom stereocenters. The highest BCUT2D eigenvalue weighted by Gasteiger charge is 2.41. The number of para-hydroxylation sites is 1. The zero-order chi connectivity index (χ0) is 16.1. The summed E-state index contributed by atoms with van der Waals surface area (Å²) in [4.78, 5) is 11.8. The van der Waals surface area contributed by atoms with E-state index in [0.717, 1.165) is 0 Å². The molecule has 0 spiro atoms. The van der Waals surface area contributed by atoms with E-state index < -0.39 is 18.4 Å². The van der Waals surface area contributed by atoms with Crippen LogP contribution < -0.4 is 4.52 Å². The van der Waals surface area contributed by atoms with Gasteiger partial charge in [0.05, 0.1) is 12.5 Å². The van der Waals surface area contributed by atoms with Crippen molar-refractivity contribution in [3.63, 3.8) is 0 Å². The molecule has 0 saturated heterocycles. The topological polar surface area (TPSA) is 52.6 Å². The van der Waals surface area contributed by atoms with Gasteiger partial charge in [0.1, 0.15) is 5.75 Å². The summed E-state index contributed by atoms with van der Waals surface area (Å²) < 4.78 is 24.1. The van der Waals surface area contributed by atoms with Gasteiger partial charge in [-0.05, 0) is 19.1 Å².